The molecule has 1 saturated heterocycles. The molecule has 2 aliphatic rings. The molecule has 0 bridgehead atoms. The minimum absolute atomic E-state index is 0.323. The number of halogens is 1. The van der Waals surface area contributed by atoms with Gasteiger partial charge in [-0.15, -0.1) is 11.6 Å². The van der Waals surface area contributed by atoms with E-state index < -0.39 is 0 Å². The van der Waals surface area contributed by atoms with Crippen molar-refractivity contribution in [1.29, 1.82) is 0 Å². The predicted octanol–water partition coefficient (Wildman–Crippen LogP) is 3.85. The first kappa shape index (κ1) is 11.7. The summed E-state index contributed by atoms with van der Waals surface area (Å²) in [5, 5.41) is 0. The van der Waals surface area contributed by atoms with Crippen molar-refractivity contribution in [2.75, 3.05) is 19.1 Å². The van der Waals surface area contributed by atoms with Gasteiger partial charge in [0.1, 0.15) is 0 Å². The summed E-state index contributed by atoms with van der Waals surface area (Å²) in [5.41, 5.74) is 0.323. The fraction of sp³-hybridized carbons (Fsp3) is 1.00. The molecule has 3 atom stereocenters. The predicted molar refractivity (Wildman–Crippen MR) is 64.3 cm³/mol. The Kier molecular flexibility index (Phi) is 3.95. The van der Waals surface area contributed by atoms with E-state index in [4.69, 9.17) is 16.3 Å². The normalized spacial score (nSPS) is 42.0. The van der Waals surface area contributed by atoms with Crippen LogP contribution in [0.1, 0.15) is 45.4 Å². The molecule has 0 aromatic carbocycles. The highest BCUT2D eigenvalue weighted by atomic mass is 35.5. The van der Waals surface area contributed by atoms with Gasteiger partial charge in [0.2, 0.25) is 0 Å². The Bertz CT molecular complexity index is 199. The van der Waals surface area contributed by atoms with E-state index in [9.17, 15) is 0 Å². The van der Waals surface area contributed by atoms with Crippen LogP contribution in [0.3, 0.4) is 0 Å². The third-order valence-electron chi connectivity index (χ3n) is 4.24. The van der Waals surface area contributed by atoms with E-state index in [0.29, 0.717) is 5.41 Å². The zero-order valence-corrected chi connectivity index (χ0v) is 10.6. The highest BCUT2D eigenvalue weighted by Gasteiger charge is 2.37. The van der Waals surface area contributed by atoms with Crippen molar-refractivity contribution >= 4 is 11.6 Å². The summed E-state index contributed by atoms with van der Waals surface area (Å²) >= 11 is 6.14. The van der Waals surface area contributed by atoms with E-state index in [-0.39, 0.29) is 0 Å². The maximum Gasteiger partial charge on any atom is 0.0534 e. The highest BCUT2D eigenvalue weighted by Crippen LogP contribution is 2.42. The van der Waals surface area contributed by atoms with Gasteiger partial charge in [-0.05, 0) is 31.1 Å². The lowest BCUT2D eigenvalue weighted by molar-refractivity contribution is 0.130. The second-order valence-electron chi connectivity index (χ2n) is 5.78. The number of ether oxygens (including phenoxy) is 1. The first-order valence-electron chi connectivity index (χ1n) is 6.38. The lowest BCUT2D eigenvalue weighted by atomic mass is 9.72. The highest BCUT2D eigenvalue weighted by molar-refractivity contribution is 6.18. The van der Waals surface area contributed by atoms with Gasteiger partial charge in [-0.2, -0.15) is 0 Å². The van der Waals surface area contributed by atoms with Crippen molar-refractivity contribution in [2.24, 2.45) is 17.3 Å². The van der Waals surface area contributed by atoms with Crippen LogP contribution in [-0.4, -0.2) is 19.1 Å². The molecule has 0 aromatic heterocycles. The van der Waals surface area contributed by atoms with Crippen LogP contribution in [-0.2, 0) is 4.74 Å². The topological polar surface area (TPSA) is 9.23 Å². The van der Waals surface area contributed by atoms with Crippen molar-refractivity contribution in [3.63, 3.8) is 0 Å². The lowest BCUT2D eigenvalue weighted by Gasteiger charge is -2.34. The molecule has 0 radical (unpaired) electrons. The fourth-order valence-electron chi connectivity index (χ4n) is 3.33. The SMILES string of the molecule is CC1CCCC(CC2(CCl)CCOC2)C1. The molecular formula is C13H23ClO. The van der Waals surface area contributed by atoms with Gasteiger partial charge in [0.15, 0.2) is 0 Å². The monoisotopic (exact) mass is 230 g/mol. The first-order chi connectivity index (χ1) is 7.24. The van der Waals surface area contributed by atoms with Crippen LogP contribution in [0.2, 0.25) is 0 Å². The minimum atomic E-state index is 0.323. The number of alkyl halides is 1. The average Bonchev–Trinajstić information content (AvgIpc) is 2.67. The molecule has 1 heterocycles. The second-order valence-corrected chi connectivity index (χ2v) is 6.05. The number of rotatable bonds is 3. The number of hydrogen-bond donors (Lipinski definition) is 0. The van der Waals surface area contributed by atoms with E-state index in [0.717, 1.165) is 30.9 Å². The van der Waals surface area contributed by atoms with Gasteiger partial charge in [-0.3, -0.25) is 0 Å². The molecular weight excluding hydrogens is 208 g/mol. The minimum Gasteiger partial charge on any atom is -0.381 e. The molecule has 1 nitrogen and oxygen atoms in total. The van der Waals surface area contributed by atoms with E-state index in [1.165, 1.54) is 38.5 Å². The molecule has 0 aromatic rings. The zero-order chi connectivity index (χ0) is 10.7. The summed E-state index contributed by atoms with van der Waals surface area (Å²) in [5.74, 6) is 2.63. The molecule has 1 aliphatic carbocycles. The van der Waals surface area contributed by atoms with E-state index in [1.807, 2.05) is 0 Å². The Morgan fingerprint density at radius 2 is 2.27 bits per heavy atom. The average molecular weight is 231 g/mol. The van der Waals surface area contributed by atoms with Crippen molar-refractivity contribution in [1.82, 2.24) is 0 Å². The Morgan fingerprint density at radius 3 is 2.87 bits per heavy atom. The molecule has 0 spiro atoms. The number of hydrogen-bond acceptors (Lipinski definition) is 1. The molecule has 0 amide bonds. The second kappa shape index (κ2) is 5.05. The Balaban J connectivity index is 1.88. The molecule has 2 fully saturated rings. The molecule has 1 aliphatic heterocycles. The fourth-order valence-corrected chi connectivity index (χ4v) is 3.65. The molecule has 2 rings (SSSR count). The molecule has 0 N–H and O–H groups in total. The summed E-state index contributed by atoms with van der Waals surface area (Å²) in [6.45, 7) is 4.22. The van der Waals surface area contributed by atoms with Crippen LogP contribution in [0.5, 0.6) is 0 Å². The van der Waals surface area contributed by atoms with Gasteiger partial charge in [0, 0.05) is 17.9 Å². The third kappa shape index (κ3) is 2.88. The Morgan fingerprint density at radius 1 is 1.40 bits per heavy atom. The van der Waals surface area contributed by atoms with Crippen LogP contribution in [0.25, 0.3) is 0 Å². The van der Waals surface area contributed by atoms with E-state index >= 15 is 0 Å². The third-order valence-corrected chi connectivity index (χ3v) is 4.80. The summed E-state index contributed by atoms with van der Waals surface area (Å²) in [6.07, 6.45) is 8.18. The van der Waals surface area contributed by atoms with Crippen molar-refractivity contribution < 1.29 is 4.74 Å². The smallest absolute Gasteiger partial charge is 0.0534 e. The van der Waals surface area contributed by atoms with Crippen LogP contribution in [0.4, 0.5) is 0 Å². The summed E-state index contributed by atoms with van der Waals surface area (Å²) in [4.78, 5) is 0. The molecule has 15 heavy (non-hydrogen) atoms. The van der Waals surface area contributed by atoms with Crippen LogP contribution < -0.4 is 0 Å². The Hall–Kier alpha value is 0.250. The van der Waals surface area contributed by atoms with Gasteiger partial charge >= 0.3 is 0 Å². The Labute approximate surface area is 98.5 Å². The molecule has 88 valence electrons. The van der Waals surface area contributed by atoms with Gasteiger partial charge in [-0.1, -0.05) is 26.2 Å². The largest absolute Gasteiger partial charge is 0.381 e. The standard InChI is InChI=1S/C13H23ClO/c1-11-3-2-4-12(7-11)8-13(9-14)5-6-15-10-13/h11-12H,2-10H2,1H3. The molecule has 3 unspecified atom stereocenters. The van der Waals surface area contributed by atoms with Gasteiger partial charge in [-0.25, -0.2) is 0 Å². The van der Waals surface area contributed by atoms with E-state index in [2.05, 4.69) is 6.92 Å². The quantitative estimate of drug-likeness (QED) is 0.670. The maximum absolute atomic E-state index is 6.14. The summed E-state index contributed by atoms with van der Waals surface area (Å²) in [6, 6.07) is 0. The van der Waals surface area contributed by atoms with Crippen LogP contribution >= 0.6 is 11.6 Å². The molecule has 1 saturated carbocycles. The maximum atomic E-state index is 6.14. The summed E-state index contributed by atoms with van der Waals surface area (Å²) in [7, 11) is 0. The van der Waals surface area contributed by atoms with E-state index in [1.54, 1.807) is 0 Å². The van der Waals surface area contributed by atoms with Gasteiger partial charge in [0.05, 0.1) is 6.61 Å². The van der Waals surface area contributed by atoms with Gasteiger partial charge in [0.25, 0.3) is 0 Å². The first-order valence-corrected chi connectivity index (χ1v) is 6.91. The summed E-state index contributed by atoms with van der Waals surface area (Å²) < 4.78 is 5.54. The van der Waals surface area contributed by atoms with Crippen molar-refractivity contribution in [2.45, 2.75) is 45.4 Å². The van der Waals surface area contributed by atoms with Crippen molar-refractivity contribution in [3.8, 4) is 0 Å². The molecule has 2 heteroatoms. The van der Waals surface area contributed by atoms with Crippen molar-refractivity contribution in [3.05, 3.63) is 0 Å². The lowest BCUT2D eigenvalue weighted by Crippen LogP contribution is -2.28. The van der Waals surface area contributed by atoms with Gasteiger partial charge < -0.3 is 4.74 Å². The van der Waals surface area contributed by atoms with Crippen LogP contribution in [0.15, 0.2) is 0 Å². The van der Waals surface area contributed by atoms with Crippen LogP contribution in [0, 0.1) is 17.3 Å². The zero-order valence-electron chi connectivity index (χ0n) is 9.80.